The van der Waals surface area contributed by atoms with Crippen LogP contribution in [0, 0.1) is 0 Å². The van der Waals surface area contributed by atoms with Gasteiger partial charge in [-0.15, -0.1) is 0 Å². The highest BCUT2D eigenvalue weighted by Gasteiger charge is 2.16. The molecule has 2 rings (SSSR count). The first kappa shape index (κ1) is 15.8. The van der Waals surface area contributed by atoms with Crippen LogP contribution in [0.4, 0.5) is 0 Å². The van der Waals surface area contributed by atoms with Gasteiger partial charge < -0.3 is 9.64 Å². The van der Waals surface area contributed by atoms with Crippen molar-refractivity contribution in [3.05, 3.63) is 65.7 Å². The average Bonchev–Trinajstić information content (AvgIpc) is 2.54. The quantitative estimate of drug-likeness (QED) is 0.797. The monoisotopic (exact) mass is 297 g/mol. The Labute approximate surface area is 130 Å². The van der Waals surface area contributed by atoms with Gasteiger partial charge in [-0.25, -0.2) is 0 Å². The lowest BCUT2D eigenvalue weighted by Gasteiger charge is -2.18. The van der Waals surface area contributed by atoms with Gasteiger partial charge >= 0.3 is 0 Å². The third-order valence-electron chi connectivity index (χ3n) is 3.25. The molecule has 0 unspecified atom stereocenters. The first-order valence-electron chi connectivity index (χ1n) is 7.06. The van der Waals surface area contributed by atoms with Crippen LogP contribution in [-0.2, 0) is 4.79 Å². The van der Waals surface area contributed by atoms with E-state index in [-0.39, 0.29) is 11.7 Å². The predicted octanol–water partition coefficient (Wildman–Crippen LogP) is 2.77. The van der Waals surface area contributed by atoms with Crippen molar-refractivity contribution >= 4 is 11.7 Å². The number of ketones is 1. The molecule has 1 atom stereocenters. The van der Waals surface area contributed by atoms with Gasteiger partial charge in [0, 0.05) is 25.2 Å². The van der Waals surface area contributed by atoms with E-state index >= 15 is 0 Å². The molecule has 0 aliphatic heterocycles. The molecule has 1 amide bonds. The summed E-state index contributed by atoms with van der Waals surface area (Å²) in [6, 6.07) is 15.9. The Morgan fingerprint density at radius 3 is 2.00 bits per heavy atom. The molecule has 0 spiro atoms. The number of benzene rings is 2. The van der Waals surface area contributed by atoms with Gasteiger partial charge in [-0.2, -0.15) is 0 Å². The largest absolute Gasteiger partial charge is 0.481 e. The van der Waals surface area contributed by atoms with Gasteiger partial charge in [-0.05, 0) is 31.2 Å². The molecule has 22 heavy (non-hydrogen) atoms. The van der Waals surface area contributed by atoms with Crippen LogP contribution in [0.1, 0.15) is 22.8 Å². The summed E-state index contributed by atoms with van der Waals surface area (Å²) in [6.07, 6.45) is -0.564. The molecule has 2 aromatic rings. The second kappa shape index (κ2) is 6.89. The van der Waals surface area contributed by atoms with Crippen molar-refractivity contribution in [1.82, 2.24) is 4.90 Å². The summed E-state index contributed by atoms with van der Waals surface area (Å²) in [7, 11) is 3.37. The van der Waals surface area contributed by atoms with E-state index in [1.807, 2.05) is 18.2 Å². The van der Waals surface area contributed by atoms with Crippen LogP contribution in [0.2, 0.25) is 0 Å². The number of carbonyl (C=O) groups excluding carboxylic acids is 2. The lowest BCUT2D eigenvalue weighted by atomic mass is 10.0. The summed E-state index contributed by atoms with van der Waals surface area (Å²) in [6.45, 7) is 1.70. The molecule has 0 radical (unpaired) electrons. The average molecular weight is 297 g/mol. The molecule has 0 aromatic heterocycles. The topological polar surface area (TPSA) is 46.6 Å². The van der Waals surface area contributed by atoms with Crippen LogP contribution in [0.25, 0.3) is 0 Å². The highest BCUT2D eigenvalue weighted by Crippen LogP contribution is 2.17. The molecular formula is C18H19NO3. The van der Waals surface area contributed by atoms with Gasteiger partial charge in [0.1, 0.15) is 5.75 Å². The molecule has 114 valence electrons. The predicted molar refractivity (Wildman–Crippen MR) is 85.1 cm³/mol. The zero-order chi connectivity index (χ0) is 16.1. The van der Waals surface area contributed by atoms with Gasteiger partial charge in [0.15, 0.2) is 11.9 Å². The Bertz CT molecular complexity index is 648. The normalized spacial score (nSPS) is 11.6. The van der Waals surface area contributed by atoms with E-state index in [0.717, 1.165) is 0 Å². The van der Waals surface area contributed by atoms with Crippen LogP contribution in [-0.4, -0.2) is 36.8 Å². The fourth-order valence-electron chi connectivity index (χ4n) is 2.06. The van der Waals surface area contributed by atoms with Gasteiger partial charge in [-0.3, -0.25) is 9.59 Å². The molecule has 4 heteroatoms. The molecule has 0 saturated heterocycles. The number of carbonyl (C=O) groups is 2. The summed E-state index contributed by atoms with van der Waals surface area (Å²) in [5.41, 5.74) is 1.23. The van der Waals surface area contributed by atoms with E-state index in [1.165, 1.54) is 4.90 Å². The number of amides is 1. The van der Waals surface area contributed by atoms with Crippen molar-refractivity contribution in [2.45, 2.75) is 13.0 Å². The SMILES string of the molecule is C[C@H](Oc1ccc(C(=O)c2ccccc2)cc1)C(=O)N(C)C. The lowest BCUT2D eigenvalue weighted by molar-refractivity contribution is -0.135. The summed E-state index contributed by atoms with van der Waals surface area (Å²) in [5, 5.41) is 0. The van der Waals surface area contributed by atoms with Gasteiger partial charge in [0.25, 0.3) is 5.91 Å². The highest BCUT2D eigenvalue weighted by atomic mass is 16.5. The van der Waals surface area contributed by atoms with Gasteiger partial charge in [0.05, 0.1) is 0 Å². The maximum Gasteiger partial charge on any atom is 0.262 e. The van der Waals surface area contributed by atoms with Crippen LogP contribution in [0.15, 0.2) is 54.6 Å². The van der Waals surface area contributed by atoms with Crippen LogP contribution in [0.5, 0.6) is 5.75 Å². The van der Waals surface area contributed by atoms with E-state index in [0.29, 0.717) is 16.9 Å². The number of nitrogens with zero attached hydrogens (tertiary/aromatic N) is 1. The standard InChI is InChI=1S/C18H19NO3/c1-13(18(21)19(2)3)22-16-11-9-15(10-12-16)17(20)14-7-5-4-6-8-14/h4-13H,1-3H3/t13-/m0/s1. The molecule has 0 aliphatic carbocycles. The van der Waals surface area contributed by atoms with Crippen molar-refractivity contribution in [3.8, 4) is 5.75 Å². The fourth-order valence-corrected chi connectivity index (χ4v) is 2.06. The molecule has 0 N–H and O–H groups in total. The van der Waals surface area contributed by atoms with E-state index in [4.69, 9.17) is 4.74 Å². The summed E-state index contributed by atoms with van der Waals surface area (Å²) in [5.74, 6) is 0.418. The van der Waals surface area contributed by atoms with Crippen LogP contribution >= 0.6 is 0 Å². The lowest BCUT2D eigenvalue weighted by Crippen LogP contribution is -2.35. The number of likely N-dealkylation sites (N-methyl/N-ethyl adjacent to an activating group) is 1. The number of hydrogen-bond donors (Lipinski definition) is 0. The minimum atomic E-state index is -0.564. The minimum Gasteiger partial charge on any atom is -0.481 e. The number of hydrogen-bond acceptors (Lipinski definition) is 3. The first-order valence-corrected chi connectivity index (χ1v) is 7.06. The van der Waals surface area contributed by atoms with Crippen LogP contribution in [0.3, 0.4) is 0 Å². The number of ether oxygens (including phenoxy) is 1. The molecule has 4 nitrogen and oxygen atoms in total. The van der Waals surface area contributed by atoms with E-state index in [2.05, 4.69) is 0 Å². The second-order valence-corrected chi connectivity index (χ2v) is 5.21. The number of rotatable bonds is 5. The zero-order valence-corrected chi connectivity index (χ0v) is 12.9. The smallest absolute Gasteiger partial charge is 0.262 e. The molecule has 0 bridgehead atoms. The van der Waals surface area contributed by atoms with Gasteiger partial charge in [0.2, 0.25) is 0 Å². The molecule has 0 aliphatic rings. The molecular weight excluding hydrogens is 278 g/mol. The second-order valence-electron chi connectivity index (χ2n) is 5.21. The Kier molecular flexibility index (Phi) is 4.94. The van der Waals surface area contributed by atoms with Crippen molar-refractivity contribution in [1.29, 1.82) is 0 Å². The summed E-state index contributed by atoms with van der Waals surface area (Å²) in [4.78, 5) is 25.5. The van der Waals surface area contributed by atoms with Crippen molar-refractivity contribution in [2.75, 3.05) is 14.1 Å². The van der Waals surface area contributed by atoms with Crippen molar-refractivity contribution in [3.63, 3.8) is 0 Å². The molecule has 0 saturated carbocycles. The molecule has 0 heterocycles. The van der Waals surface area contributed by atoms with E-state index in [9.17, 15) is 9.59 Å². The Balaban J connectivity index is 2.08. The van der Waals surface area contributed by atoms with Crippen molar-refractivity contribution < 1.29 is 14.3 Å². The van der Waals surface area contributed by atoms with E-state index in [1.54, 1.807) is 57.4 Å². The summed E-state index contributed by atoms with van der Waals surface area (Å²) >= 11 is 0. The Morgan fingerprint density at radius 2 is 1.45 bits per heavy atom. The third kappa shape index (κ3) is 3.73. The minimum absolute atomic E-state index is 0.0374. The zero-order valence-electron chi connectivity index (χ0n) is 12.9. The Morgan fingerprint density at radius 1 is 0.909 bits per heavy atom. The van der Waals surface area contributed by atoms with E-state index < -0.39 is 6.10 Å². The maximum atomic E-state index is 12.3. The van der Waals surface area contributed by atoms with Gasteiger partial charge in [-0.1, -0.05) is 30.3 Å². The fraction of sp³-hybridized carbons (Fsp3) is 0.222. The maximum absolute atomic E-state index is 12.3. The van der Waals surface area contributed by atoms with Crippen molar-refractivity contribution in [2.24, 2.45) is 0 Å². The molecule has 0 fully saturated rings. The third-order valence-corrected chi connectivity index (χ3v) is 3.25. The Hall–Kier alpha value is -2.62. The molecule has 2 aromatic carbocycles. The highest BCUT2D eigenvalue weighted by molar-refractivity contribution is 6.08. The summed E-state index contributed by atoms with van der Waals surface area (Å²) < 4.78 is 5.58. The first-order chi connectivity index (χ1) is 10.5. The van der Waals surface area contributed by atoms with Crippen LogP contribution < -0.4 is 4.74 Å².